The molecule has 0 saturated carbocycles. The molecule has 3 rings (SSSR count). The molecule has 0 unspecified atom stereocenters. The van der Waals surface area contributed by atoms with Crippen molar-refractivity contribution >= 4 is 5.78 Å². The van der Waals surface area contributed by atoms with Crippen molar-refractivity contribution in [2.24, 2.45) is 0 Å². The van der Waals surface area contributed by atoms with Gasteiger partial charge in [0.05, 0.1) is 27.9 Å². The van der Waals surface area contributed by atoms with Crippen molar-refractivity contribution < 1.29 is 28.8 Å². The van der Waals surface area contributed by atoms with Gasteiger partial charge >= 0.3 is 0 Å². The summed E-state index contributed by atoms with van der Waals surface area (Å²) in [6, 6.07) is 8.71. The van der Waals surface area contributed by atoms with Gasteiger partial charge in [0.25, 0.3) is 0 Å². The molecule has 25 heavy (non-hydrogen) atoms. The lowest BCUT2D eigenvalue weighted by Crippen LogP contribution is -2.26. The van der Waals surface area contributed by atoms with Crippen LogP contribution in [0.3, 0.4) is 0 Å². The quantitative estimate of drug-likeness (QED) is 0.898. The zero-order valence-electron chi connectivity index (χ0n) is 14.4. The first kappa shape index (κ1) is 17.1. The molecule has 0 aliphatic carbocycles. The summed E-state index contributed by atoms with van der Waals surface area (Å²) in [6.07, 6.45) is -0.547. The number of ketones is 1. The van der Waals surface area contributed by atoms with Crippen LogP contribution in [-0.4, -0.2) is 32.2 Å². The lowest BCUT2D eigenvalue weighted by Gasteiger charge is -2.27. The van der Waals surface area contributed by atoms with Crippen LogP contribution >= 0.6 is 0 Å². The molecule has 1 atom stereocenters. The highest BCUT2D eigenvalue weighted by Gasteiger charge is 2.32. The highest BCUT2D eigenvalue weighted by Crippen LogP contribution is 2.40. The number of Topliss-reactive ketones (excluding diaryl/α,β-unsaturated/α-hetero) is 1. The number of rotatable bonds is 5. The Bertz CT molecular complexity index is 799. The third-order valence-corrected chi connectivity index (χ3v) is 4.23. The van der Waals surface area contributed by atoms with Gasteiger partial charge in [-0.3, -0.25) is 4.79 Å². The fraction of sp³-hybridized carbons (Fsp3) is 0.316. The van der Waals surface area contributed by atoms with E-state index in [0.717, 1.165) is 0 Å². The number of methoxy groups -OCH3 is 3. The van der Waals surface area contributed by atoms with E-state index in [2.05, 4.69) is 0 Å². The van der Waals surface area contributed by atoms with Crippen molar-refractivity contribution in [3.05, 3.63) is 47.0 Å². The second-order valence-electron chi connectivity index (χ2n) is 5.69. The monoisotopic (exact) mass is 344 g/mol. The topological polar surface area (TPSA) is 74.2 Å². The first-order valence-electron chi connectivity index (χ1n) is 7.83. The van der Waals surface area contributed by atoms with Gasteiger partial charge < -0.3 is 24.1 Å². The summed E-state index contributed by atoms with van der Waals surface area (Å²) in [4.78, 5) is 12.6. The summed E-state index contributed by atoms with van der Waals surface area (Å²) >= 11 is 0. The molecule has 0 bridgehead atoms. The number of aliphatic hydroxyl groups excluding tert-OH is 1. The van der Waals surface area contributed by atoms with Crippen LogP contribution < -0.4 is 18.9 Å². The van der Waals surface area contributed by atoms with Crippen molar-refractivity contribution in [3.63, 3.8) is 0 Å². The first-order chi connectivity index (χ1) is 12.1. The van der Waals surface area contributed by atoms with Gasteiger partial charge in [0.2, 0.25) is 0 Å². The Labute approximate surface area is 145 Å². The predicted molar refractivity (Wildman–Crippen MR) is 90.5 cm³/mol. The van der Waals surface area contributed by atoms with E-state index < -0.39 is 6.10 Å². The van der Waals surface area contributed by atoms with Gasteiger partial charge in [0.15, 0.2) is 23.4 Å². The summed E-state index contributed by atoms with van der Waals surface area (Å²) in [5.41, 5.74) is 2.04. The molecule has 6 heteroatoms. The zero-order chi connectivity index (χ0) is 18.0. The molecule has 1 N–H and O–H groups in total. The number of hydrogen-bond acceptors (Lipinski definition) is 6. The average molecular weight is 344 g/mol. The molecule has 1 aliphatic rings. The minimum atomic E-state index is -0.744. The summed E-state index contributed by atoms with van der Waals surface area (Å²) < 4.78 is 21.8. The Hall–Kier alpha value is -2.73. The standard InChI is InChI=1S/C19H20O6/c1-22-15-5-4-12(8-18(15)24-3)19-14(21)9-13-16(23-2)6-11(10-20)7-17(13)25-19/h4-8,19-20H,9-10H2,1-3H3/t19-/m1/s1. The van der Waals surface area contributed by atoms with E-state index >= 15 is 0 Å². The van der Waals surface area contributed by atoms with E-state index in [1.54, 1.807) is 44.6 Å². The average Bonchev–Trinajstić information content (AvgIpc) is 2.66. The van der Waals surface area contributed by atoms with Crippen molar-refractivity contribution in [2.45, 2.75) is 19.1 Å². The molecule has 0 radical (unpaired) electrons. The summed E-state index contributed by atoms with van der Waals surface area (Å²) in [6.45, 7) is -0.137. The minimum absolute atomic E-state index is 0.0743. The lowest BCUT2D eigenvalue weighted by molar-refractivity contribution is -0.126. The van der Waals surface area contributed by atoms with Gasteiger partial charge in [-0.05, 0) is 29.8 Å². The minimum Gasteiger partial charge on any atom is -0.496 e. The van der Waals surface area contributed by atoms with Crippen molar-refractivity contribution in [2.75, 3.05) is 21.3 Å². The zero-order valence-corrected chi connectivity index (χ0v) is 14.4. The third-order valence-electron chi connectivity index (χ3n) is 4.23. The number of carbonyl (C=O) groups is 1. The molecule has 1 heterocycles. The van der Waals surface area contributed by atoms with Gasteiger partial charge in [-0.25, -0.2) is 0 Å². The van der Waals surface area contributed by atoms with Crippen LogP contribution in [0, 0.1) is 0 Å². The molecule has 2 aromatic rings. The fourth-order valence-electron chi connectivity index (χ4n) is 2.96. The van der Waals surface area contributed by atoms with Gasteiger partial charge in [-0.1, -0.05) is 6.07 Å². The maximum atomic E-state index is 12.6. The molecule has 0 aromatic heterocycles. The van der Waals surface area contributed by atoms with Gasteiger partial charge in [0, 0.05) is 17.5 Å². The summed E-state index contributed by atoms with van der Waals surface area (Å²) in [7, 11) is 4.62. The first-order valence-corrected chi connectivity index (χ1v) is 7.83. The van der Waals surface area contributed by atoms with Crippen molar-refractivity contribution in [3.8, 4) is 23.0 Å². The number of benzene rings is 2. The molecule has 132 valence electrons. The van der Waals surface area contributed by atoms with Crippen LogP contribution in [0.1, 0.15) is 22.8 Å². The highest BCUT2D eigenvalue weighted by atomic mass is 16.5. The van der Waals surface area contributed by atoms with E-state index in [-0.39, 0.29) is 18.8 Å². The highest BCUT2D eigenvalue weighted by molar-refractivity contribution is 5.89. The van der Waals surface area contributed by atoms with Crippen LogP contribution in [0.25, 0.3) is 0 Å². The van der Waals surface area contributed by atoms with Crippen molar-refractivity contribution in [1.29, 1.82) is 0 Å². The summed E-state index contributed by atoms with van der Waals surface area (Å²) in [5, 5.41) is 9.41. The van der Waals surface area contributed by atoms with Crippen LogP contribution in [0.2, 0.25) is 0 Å². The Morgan fingerprint density at radius 3 is 2.40 bits per heavy atom. The van der Waals surface area contributed by atoms with Crippen LogP contribution in [0.4, 0.5) is 0 Å². The van der Waals surface area contributed by atoms with Crippen LogP contribution in [-0.2, 0) is 17.8 Å². The molecule has 0 spiro atoms. The molecule has 1 aliphatic heterocycles. The normalized spacial score (nSPS) is 16.0. The maximum Gasteiger partial charge on any atom is 0.182 e. The molecule has 2 aromatic carbocycles. The molecule has 6 nitrogen and oxygen atoms in total. The lowest BCUT2D eigenvalue weighted by atomic mass is 9.94. The van der Waals surface area contributed by atoms with E-state index in [9.17, 15) is 9.90 Å². The number of aliphatic hydroxyl groups is 1. The van der Waals surface area contributed by atoms with E-state index in [0.29, 0.717) is 39.7 Å². The second kappa shape index (κ2) is 7.03. The van der Waals surface area contributed by atoms with Crippen molar-refractivity contribution in [1.82, 2.24) is 0 Å². The third kappa shape index (κ3) is 3.13. The Balaban J connectivity index is 2.00. The van der Waals surface area contributed by atoms with Gasteiger partial charge in [-0.15, -0.1) is 0 Å². The number of ether oxygens (including phenoxy) is 4. The fourth-order valence-corrected chi connectivity index (χ4v) is 2.96. The summed E-state index contributed by atoms with van der Waals surface area (Å²) in [5.74, 6) is 2.13. The largest absolute Gasteiger partial charge is 0.496 e. The van der Waals surface area contributed by atoms with E-state index in [4.69, 9.17) is 18.9 Å². The van der Waals surface area contributed by atoms with E-state index in [1.807, 2.05) is 0 Å². The van der Waals surface area contributed by atoms with Gasteiger partial charge in [-0.2, -0.15) is 0 Å². The van der Waals surface area contributed by atoms with Crippen LogP contribution in [0.5, 0.6) is 23.0 Å². The Morgan fingerprint density at radius 1 is 1.04 bits per heavy atom. The van der Waals surface area contributed by atoms with Crippen LogP contribution in [0.15, 0.2) is 30.3 Å². The smallest absolute Gasteiger partial charge is 0.182 e. The number of fused-ring (bicyclic) bond motifs is 1. The second-order valence-corrected chi connectivity index (χ2v) is 5.69. The number of hydrogen-bond donors (Lipinski definition) is 1. The predicted octanol–water partition coefficient (Wildman–Crippen LogP) is 2.45. The molecular formula is C19H20O6. The SMILES string of the molecule is COc1ccc([C@H]2Oc3cc(CO)cc(OC)c3CC2=O)cc1OC. The Morgan fingerprint density at radius 2 is 1.76 bits per heavy atom. The molecule has 0 amide bonds. The van der Waals surface area contributed by atoms with E-state index in [1.165, 1.54) is 7.11 Å². The molecular weight excluding hydrogens is 324 g/mol. The van der Waals surface area contributed by atoms with Gasteiger partial charge in [0.1, 0.15) is 11.5 Å². The maximum absolute atomic E-state index is 12.6. The molecule has 0 fully saturated rings. The molecule has 0 saturated heterocycles. The number of carbonyl (C=O) groups excluding carboxylic acids is 1. The Kier molecular flexibility index (Phi) is 4.81.